The van der Waals surface area contributed by atoms with Gasteiger partial charge in [-0.05, 0) is 47.0 Å². The summed E-state index contributed by atoms with van der Waals surface area (Å²) in [6.45, 7) is 0. The third-order valence-corrected chi connectivity index (χ3v) is 12.7. The average molecular weight is 784 g/mol. The molecule has 60 heavy (non-hydrogen) atoms. The maximum Gasteiger partial charge on any atom is 0.160 e. The maximum absolute atomic E-state index is 6.37. The molecular weight excluding hydrogens is 751 g/mol. The molecule has 12 aromatic rings. The van der Waals surface area contributed by atoms with E-state index in [1.807, 2.05) is 41.7 Å². The van der Waals surface area contributed by atoms with Gasteiger partial charge in [-0.2, -0.15) is 0 Å². The first-order chi connectivity index (χ1) is 29.7. The number of benzene rings is 8. The number of hydrogen-bond donors (Lipinski definition) is 0. The number of thiophene rings is 1. The van der Waals surface area contributed by atoms with Crippen molar-refractivity contribution in [2.75, 3.05) is 0 Å². The molecule has 0 fully saturated rings. The SMILES string of the molecule is c1ccc(-c2ccc3nc(-c4ccc(-c5nc(-c6ccccc6)cc(-c6ccc(-c7cccc8c7oc7ccccc78)cc6)n5)cc4)c4sc5ccccc5c4c3c2)cc1. The standard InChI is InChI=1S/C55H33N3OS/c1-3-12-34(13-4-1)40-30-31-46-45(32-40)51-44-17-8-10-21-50(44)60-54(51)52(56-46)38-26-28-39(29-27-38)55-57-47(36-14-5-2-6-15-36)33-48(58-55)37-24-22-35(23-25-37)41-18-11-19-43-42-16-7-9-20-49(42)59-53(41)43/h1-33H. The Morgan fingerprint density at radius 1 is 0.383 bits per heavy atom. The first-order valence-corrected chi connectivity index (χ1v) is 20.9. The van der Waals surface area contributed by atoms with Crippen molar-refractivity contribution >= 4 is 64.4 Å². The molecule has 0 aliphatic heterocycles. The lowest BCUT2D eigenvalue weighted by Gasteiger charge is -2.12. The van der Waals surface area contributed by atoms with Crippen LogP contribution in [0.15, 0.2) is 205 Å². The molecule has 0 atom stereocenters. The highest BCUT2D eigenvalue weighted by Crippen LogP contribution is 2.44. The number of hydrogen-bond acceptors (Lipinski definition) is 5. The van der Waals surface area contributed by atoms with Crippen LogP contribution in [-0.4, -0.2) is 15.0 Å². The van der Waals surface area contributed by atoms with Gasteiger partial charge in [0.05, 0.1) is 27.3 Å². The number of aromatic nitrogens is 3. The fourth-order valence-corrected chi connectivity index (χ4v) is 9.77. The van der Waals surface area contributed by atoms with Gasteiger partial charge < -0.3 is 4.42 Å². The van der Waals surface area contributed by atoms with Gasteiger partial charge in [0, 0.05) is 59.4 Å². The molecule has 0 saturated carbocycles. The van der Waals surface area contributed by atoms with Gasteiger partial charge in [0.15, 0.2) is 5.82 Å². The number of furan rings is 1. The molecule has 280 valence electrons. The molecule has 0 N–H and O–H groups in total. The van der Waals surface area contributed by atoms with Crippen LogP contribution < -0.4 is 0 Å². The number of rotatable bonds is 6. The largest absolute Gasteiger partial charge is 0.455 e. The molecular formula is C55H33N3OS. The minimum Gasteiger partial charge on any atom is -0.455 e. The first-order valence-electron chi connectivity index (χ1n) is 20.1. The summed E-state index contributed by atoms with van der Waals surface area (Å²) in [6, 6.07) is 70.1. The van der Waals surface area contributed by atoms with Crippen LogP contribution in [0.3, 0.4) is 0 Å². The van der Waals surface area contributed by atoms with Gasteiger partial charge in [0.25, 0.3) is 0 Å². The van der Waals surface area contributed by atoms with Crippen LogP contribution in [0.1, 0.15) is 0 Å². The monoisotopic (exact) mass is 783 g/mol. The minimum absolute atomic E-state index is 0.668. The van der Waals surface area contributed by atoms with Gasteiger partial charge in [0.1, 0.15) is 11.2 Å². The van der Waals surface area contributed by atoms with E-state index in [-0.39, 0.29) is 0 Å². The molecule has 12 rings (SSSR count). The van der Waals surface area contributed by atoms with Crippen LogP contribution in [-0.2, 0) is 0 Å². The van der Waals surface area contributed by atoms with Crippen molar-refractivity contribution in [1.29, 1.82) is 0 Å². The summed E-state index contributed by atoms with van der Waals surface area (Å²) in [7, 11) is 0. The van der Waals surface area contributed by atoms with Crippen LogP contribution in [0.25, 0.3) is 120 Å². The summed E-state index contributed by atoms with van der Waals surface area (Å²) < 4.78 is 8.81. The van der Waals surface area contributed by atoms with Crippen LogP contribution in [0.5, 0.6) is 0 Å². The van der Waals surface area contributed by atoms with Crippen LogP contribution in [0.4, 0.5) is 0 Å². The van der Waals surface area contributed by atoms with E-state index in [1.54, 1.807) is 0 Å². The number of nitrogens with zero attached hydrogens (tertiary/aromatic N) is 3. The molecule has 0 bridgehead atoms. The second kappa shape index (κ2) is 14.0. The molecule has 0 saturated heterocycles. The molecule has 0 aliphatic carbocycles. The molecule has 4 nitrogen and oxygen atoms in total. The molecule has 8 aromatic carbocycles. The zero-order chi connectivity index (χ0) is 39.6. The lowest BCUT2D eigenvalue weighted by atomic mass is 9.98. The van der Waals surface area contributed by atoms with E-state index in [0.717, 1.165) is 77.9 Å². The Morgan fingerprint density at radius 2 is 0.983 bits per heavy atom. The molecule has 4 heterocycles. The summed E-state index contributed by atoms with van der Waals surface area (Å²) in [5.41, 5.74) is 14.1. The van der Waals surface area contributed by atoms with E-state index in [2.05, 4.69) is 170 Å². The Kier molecular flexibility index (Phi) is 8.00. The Hall–Kier alpha value is -7.73. The van der Waals surface area contributed by atoms with Crippen molar-refractivity contribution < 1.29 is 4.42 Å². The van der Waals surface area contributed by atoms with Crippen molar-refractivity contribution in [3.63, 3.8) is 0 Å². The topological polar surface area (TPSA) is 51.8 Å². The van der Waals surface area contributed by atoms with Gasteiger partial charge in [-0.3, -0.25) is 0 Å². The van der Waals surface area contributed by atoms with Crippen molar-refractivity contribution in [2.45, 2.75) is 0 Å². The van der Waals surface area contributed by atoms with E-state index < -0.39 is 0 Å². The van der Waals surface area contributed by atoms with Gasteiger partial charge >= 0.3 is 0 Å². The Bertz CT molecular complexity index is 3570. The molecule has 0 radical (unpaired) electrons. The average Bonchev–Trinajstić information content (AvgIpc) is 3.91. The predicted molar refractivity (Wildman–Crippen MR) is 250 cm³/mol. The van der Waals surface area contributed by atoms with E-state index in [1.165, 1.54) is 36.7 Å². The van der Waals surface area contributed by atoms with Crippen LogP contribution in [0.2, 0.25) is 0 Å². The first kappa shape index (κ1) is 34.3. The van der Waals surface area contributed by atoms with E-state index in [9.17, 15) is 0 Å². The molecule has 0 spiro atoms. The lowest BCUT2D eigenvalue weighted by Crippen LogP contribution is -1.96. The quantitative estimate of drug-likeness (QED) is 0.169. The Labute approximate surface area is 349 Å². The normalized spacial score (nSPS) is 11.7. The summed E-state index contributed by atoms with van der Waals surface area (Å²) in [5.74, 6) is 0.668. The van der Waals surface area contributed by atoms with Crippen molar-refractivity contribution in [3.05, 3.63) is 200 Å². The zero-order valence-corrected chi connectivity index (χ0v) is 33.0. The Morgan fingerprint density at radius 3 is 1.77 bits per heavy atom. The van der Waals surface area contributed by atoms with Gasteiger partial charge in [-0.15, -0.1) is 11.3 Å². The summed E-state index contributed by atoms with van der Waals surface area (Å²) >= 11 is 1.81. The smallest absolute Gasteiger partial charge is 0.160 e. The third kappa shape index (κ3) is 5.78. The second-order valence-corrected chi connectivity index (χ2v) is 16.2. The number of pyridine rings is 1. The molecule has 5 heteroatoms. The maximum atomic E-state index is 6.37. The number of fused-ring (bicyclic) bond motifs is 8. The summed E-state index contributed by atoms with van der Waals surface area (Å²) in [6.07, 6.45) is 0. The van der Waals surface area contributed by atoms with E-state index >= 15 is 0 Å². The van der Waals surface area contributed by atoms with Crippen molar-refractivity contribution in [1.82, 2.24) is 15.0 Å². The fraction of sp³-hybridized carbons (Fsp3) is 0. The Balaban J connectivity index is 0.945. The second-order valence-electron chi connectivity index (χ2n) is 15.1. The highest BCUT2D eigenvalue weighted by molar-refractivity contribution is 7.26. The highest BCUT2D eigenvalue weighted by atomic mass is 32.1. The van der Waals surface area contributed by atoms with Gasteiger partial charge in [-0.1, -0.05) is 170 Å². The van der Waals surface area contributed by atoms with Gasteiger partial charge in [-0.25, -0.2) is 15.0 Å². The lowest BCUT2D eigenvalue weighted by molar-refractivity contribution is 0.670. The van der Waals surface area contributed by atoms with Crippen molar-refractivity contribution in [3.8, 4) is 67.4 Å². The minimum atomic E-state index is 0.668. The van der Waals surface area contributed by atoms with Gasteiger partial charge in [0.2, 0.25) is 0 Å². The van der Waals surface area contributed by atoms with Crippen LogP contribution in [0, 0.1) is 0 Å². The zero-order valence-electron chi connectivity index (χ0n) is 32.2. The summed E-state index contributed by atoms with van der Waals surface area (Å²) in [5, 5.41) is 5.92. The van der Waals surface area contributed by atoms with E-state index in [0.29, 0.717) is 5.82 Å². The fourth-order valence-electron chi connectivity index (χ4n) is 8.54. The van der Waals surface area contributed by atoms with Crippen molar-refractivity contribution in [2.24, 2.45) is 0 Å². The molecule has 0 amide bonds. The number of para-hydroxylation sites is 2. The molecule has 0 aliphatic rings. The predicted octanol–water partition coefficient (Wildman–Crippen LogP) is 15.3. The highest BCUT2D eigenvalue weighted by Gasteiger charge is 2.18. The van der Waals surface area contributed by atoms with Crippen LogP contribution >= 0.6 is 11.3 Å². The third-order valence-electron chi connectivity index (χ3n) is 11.5. The summed E-state index contributed by atoms with van der Waals surface area (Å²) in [4.78, 5) is 15.7. The molecule has 0 unspecified atom stereocenters. The van der Waals surface area contributed by atoms with E-state index in [4.69, 9.17) is 19.4 Å². The molecule has 4 aromatic heterocycles.